The van der Waals surface area contributed by atoms with E-state index in [1.807, 2.05) is 0 Å². The number of hydrogen-bond donors (Lipinski definition) is 2. The average Bonchev–Trinajstić information content (AvgIpc) is 2.16. The maximum absolute atomic E-state index is 12.4. The third kappa shape index (κ3) is 3.06. The molecule has 1 rings (SSSR count). The summed E-state index contributed by atoms with van der Waals surface area (Å²) in [6.45, 7) is 0.292. The largest absolute Gasteiger partial charge is 0.341 e. The first kappa shape index (κ1) is 9.44. The number of carbonyl (C=O) groups is 1. The van der Waals surface area contributed by atoms with E-state index in [0.717, 1.165) is 6.20 Å². The van der Waals surface area contributed by atoms with E-state index in [9.17, 15) is 9.18 Å². The van der Waals surface area contributed by atoms with E-state index in [0.29, 0.717) is 12.2 Å². The van der Waals surface area contributed by atoms with Gasteiger partial charge >= 0.3 is 6.03 Å². The Bertz CT molecular complexity index is 286. The highest BCUT2D eigenvalue weighted by Gasteiger charge is 1.97. The standard InChI is InChI=1S/C8H10FN3O/c1-10-8(13)12-5-7-3-2-6(9)4-11-7/h2-4H,5H2,1H3,(H2,10,12,13). The van der Waals surface area contributed by atoms with Gasteiger partial charge in [0.1, 0.15) is 5.82 Å². The molecule has 0 saturated heterocycles. The molecule has 0 atom stereocenters. The Morgan fingerprint density at radius 2 is 2.38 bits per heavy atom. The zero-order valence-electron chi connectivity index (χ0n) is 7.17. The molecule has 0 radical (unpaired) electrons. The third-order valence-electron chi connectivity index (χ3n) is 1.45. The number of amides is 2. The number of nitrogens with one attached hydrogen (secondary N) is 2. The first-order valence-electron chi connectivity index (χ1n) is 3.78. The molecule has 0 aromatic carbocycles. The number of hydrogen-bond acceptors (Lipinski definition) is 2. The smallest absolute Gasteiger partial charge is 0.314 e. The van der Waals surface area contributed by atoms with Crippen LogP contribution in [0.2, 0.25) is 0 Å². The van der Waals surface area contributed by atoms with Crippen molar-refractivity contribution in [2.45, 2.75) is 6.54 Å². The molecule has 13 heavy (non-hydrogen) atoms. The average molecular weight is 183 g/mol. The highest BCUT2D eigenvalue weighted by Crippen LogP contribution is 1.96. The number of carbonyl (C=O) groups excluding carboxylic acids is 1. The van der Waals surface area contributed by atoms with Crippen molar-refractivity contribution in [1.82, 2.24) is 15.6 Å². The van der Waals surface area contributed by atoms with Crippen molar-refractivity contribution in [1.29, 1.82) is 0 Å². The summed E-state index contributed by atoms with van der Waals surface area (Å²) in [5.74, 6) is -0.385. The molecule has 5 heteroatoms. The summed E-state index contributed by atoms with van der Waals surface area (Å²) in [6, 6.07) is 2.53. The molecular weight excluding hydrogens is 173 g/mol. The Morgan fingerprint density at radius 1 is 1.62 bits per heavy atom. The summed E-state index contributed by atoms with van der Waals surface area (Å²) in [6.07, 6.45) is 1.11. The number of nitrogens with zero attached hydrogens (tertiary/aromatic N) is 1. The Morgan fingerprint density at radius 3 is 2.92 bits per heavy atom. The van der Waals surface area contributed by atoms with Gasteiger partial charge < -0.3 is 10.6 Å². The predicted molar refractivity (Wildman–Crippen MR) is 45.5 cm³/mol. The van der Waals surface area contributed by atoms with E-state index in [1.165, 1.54) is 19.2 Å². The predicted octanol–water partition coefficient (Wildman–Crippen LogP) is 0.650. The second kappa shape index (κ2) is 4.39. The molecule has 0 aliphatic rings. The van der Waals surface area contributed by atoms with Crippen molar-refractivity contribution < 1.29 is 9.18 Å². The van der Waals surface area contributed by atoms with Crippen molar-refractivity contribution in [3.8, 4) is 0 Å². The molecular formula is C8H10FN3O. The van der Waals surface area contributed by atoms with Crippen LogP contribution >= 0.6 is 0 Å². The lowest BCUT2D eigenvalue weighted by Gasteiger charge is -2.02. The second-order valence-electron chi connectivity index (χ2n) is 2.40. The van der Waals surface area contributed by atoms with Crippen molar-refractivity contribution in [3.63, 3.8) is 0 Å². The van der Waals surface area contributed by atoms with Crippen molar-refractivity contribution in [3.05, 3.63) is 29.8 Å². The fraction of sp³-hybridized carbons (Fsp3) is 0.250. The van der Waals surface area contributed by atoms with Crippen molar-refractivity contribution in [2.75, 3.05) is 7.05 Å². The minimum absolute atomic E-state index is 0.286. The summed E-state index contributed by atoms with van der Waals surface area (Å²) in [4.78, 5) is 14.5. The topological polar surface area (TPSA) is 54.0 Å². The second-order valence-corrected chi connectivity index (χ2v) is 2.40. The molecule has 1 heterocycles. The molecule has 2 amide bonds. The van der Waals surface area contributed by atoms with Crippen LogP contribution in [-0.2, 0) is 6.54 Å². The van der Waals surface area contributed by atoms with Gasteiger partial charge in [0.05, 0.1) is 18.4 Å². The monoisotopic (exact) mass is 183 g/mol. The summed E-state index contributed by atoms with van der Waals surface area (Å²) in [7, 11) is 1.52. The lowest BCUT2D eigenvalue weighted by Crippen LogP contribution is -2.32. The molecule has 0 bridgehead atoms. The SMILES string of the molecule is CNC(=O)NCc1ccc(F)cn1. The van der Waals surface area contributed by atoms with Gasteiger partial charge in [-0.3, -0.25) is 4.98 Å². The van der Waals surface area contributed by atoms with Crippen LogP contribution in [0.15, 0.2) is 18.3 Å². The molecule has 0 unspecified atom stereocenters. The van der Waals surface area contributed by atoms with Gasteiger partial charge in [-0.15, -0.1) is 0 Å². The van der Waals surface area contributed by atoms with Crippen LogP contribution in [0.25, 0.3) is 0 Å². The zero-order valence-corrected chi connectivity index (χ0v) is 7.17. The summed E-state index contributed by atoms with van der Waals surface area (Å²) >= 11 is 0. The molecule has 1 aromatic rings. The highest BCUT2D eigenvalue weighted by molar-refractivity contribution is 5.73. The Kier molecular flexibility index (Phi) is 3.19. The minimum Gasteiger partial charge on any atom is -0.341 e. The summed E-state index contributed by atoms with van der Waals surface area (Å²) in [5.41, 5.74) is 0.616. The van der Waals surface area contributed by atoms with Gasteiger partial charge in [-0.2, -0.15) is 0 Å². The molecule has 0 spiro atoms. The van der Waals surface area contributed by atoms with Gasteiger partial charge in [0.2, 0.25) is 0 Å². The molecule has 0 aliphatic carbocycles. The summed E-state index contributed by atoms with van der Waals surface area (Å²) < 4.78 is 12.4. The summed E-state index contributed by atoms with van der Waals surface area (Å²) in [5, 5.41) is 4.93. The van der Waals surface area contributed by atoms with Crippen LogP contribution in [0.5, 0.6) is 0 Å². The fourth-order valence-corrected chi connectivity index (χ4v) is 0.770. The lowest BCUT2D eigenvalue weighted by atomic mass is 10.3. The van der Waals surface area contributed by atoms with Crippen LogP contribution in [0.3, 0.4) is 0 Å². The lowest BCUT2D eigenvalue weighted by molar-refractivity contribution is 0.242. The maximum Gasteiger partial charge on any atom is 0.314 e. The van der Waals surface area contributed by atoms with Crippen LogP contribution in [-0.4, -0.2) is 18.1 Å². The molecule has 70 valence electrons. The van der Waals surface area contributed by atoms with Gasteiger partial charge in [-0.25, -0.2) is 9.18 Å². The third-order valence-corrected chi connectivity index (χ3v) is 1.45. The van der Waals surface area contributed by atoms with E-state index in [1.54, 1.807) is 0 Å². The van der Waals surface area contributed by atoms with E-state index >= 15 is 0 Å². The molecule has 0 fully saturated rings. The van der Waals surface area contributed by atoms with Crippen LogP contribution in [0.4, 0.5) is 9.18 Å². The quantitative estimate of drug-likeness (QED) is 0.707. The van der Waals surface area contributed by atoms with Gasteiger partial charge in [0.25, 0.3) is 0 Å². The Labute approximate surface area is 75.2 Å². The van der Waals surface area contributed by atoms with Crippen LogP contribution in [0.1, 0.15) is 5.69 Å². The number of urea groups is 1. The van der Waals surface area contributed by atoms with E-state index in [2.05, 4.69) is 15.6 Å². The number of aromatic nitrogens is 1. The van der Waals surface area contributed by atoms with Crippen LogP contribution in [0, 0.1) is 5.82 Å². The van der Waals surface area contributed by atoms with Gasteiger partial charge in [0.15, 0.2) is 0 Å². The number of pyridine rings is 1. The fourth-order valence-electron chi connectivity index (χ4n) is 0.770. The van der Waals surface area contributed by atoms with Gasteiger partial charge in [0, 0.05) is 7.05 Å². The minimum atomic E-state index is -0.385. The van der Waals surface area contributed by atoms with E-state index in [-0.39, 0.29) is 11.8 Å². The first-order chi connectivity index (χ1) is 6.22. The number of halogens is 1. The van der Waals surface area contributed by atoms with Crippen molar-refractivity contribution in [2.24, 2.45) is 0 Å². The van der Waals surface area contributed by atoms with Gasteiger partial charge in [-0.1, -0.05) is 0 Å². The number of rotatable bonds is 2. The molecule has 4 nitrogen and oxygen atoms in total. The Hall–Kier alpha value is -1.65. The zero-order chi connectivity index (χ0) is 9.68. The van der Waals surface area contributed by atoms with Crippen LogP contribution < -0.4 is 10.6 Å². The molecule has 1 aromatic heterocycles. The molecule has 0 saturated carbocycles. The Balaban J connectivity index is 2.46. The van der Waals surface area contributed by atoms with E-state index in [4.69, 9.17) is 0 Å². The maximum atomic E-state index is 12.4. The highest BCUT2D eigenvalue weighted by atomic mass is 19.1. The van der Waals surface area contributed by atoms with Crippen molar-refractivity contribution >= 4 is 6.03 Å². The van der Waals surface area contributed by atoms with Gasteiger partial charge in [-0.05, 0) is 12.1 Å². The van der Waals surface area contributed by atoms with E-state index < -0.39 is 0 Å². The molecule has 0 aliphatic heterocycles. The first-order valence-corrected chi connectivity index (χ1v) is 3.78. The normalized spacial score (nSPS) is 9.38. The molecule has 2 N–H and O–H groups in total.